The molecule has 0 spiro atoms. The van der Waals surface area contributed by atoms with Gasteiger partial charge in [-0.15, -0.1) is 0 Å². The van der Waals surface area contributed by atoms with Crippen molar-refractivity contribution in [3.05, 3.63) is 88.7 Å². The standard InChI is InChI=1S/C27H28N4O3/c1-17-23(15-12-21(16-28)29-17)25(32)31-24(18-6-13-22(34-5)14-7-18)26(33)30-20-10-8-19(9-11-20)27(2,3)4/h6-15,24H,1-5H3,(H,30,33)(H,31,32). The second-order valence-electron chi connectivity index (χ2n) is 8.94. The molecule has 34 heavy (non-hydrogen) atoms. The van der Waals surface area contributed by atoms with Gasteiger partial charge in [-0.25, -0.2) is 4.98 Å². The number of hydrogen-bond acceptors (Lipinski definition) is 5. The molecule has 1 aromatic heterocycles. The van der Waals surface area contributed by atoms with Gasteiger partial charge in [0.2, 0.25) is 0 Å². The molecule has 0 saturated heterocycles. The number of carbonyl (C=O) groups excluding carboxylic acids is 2. The molecule has 3 rings (SSSR count). The first kappa shape index (κ1) is 24.5. The molecule has 0 radical (unpaired) electrons. The van der Waals surface area contributed by atoms with Crippen LogP contribution in [0.4, 0.5) is 5.69 Å². The molecule has 1 heterocycles. The first-order valence-corrected chi connectivity index (χ1v) is 10.9. The maximum absolute atomic E-state index is 13.3. The molecule has 7 heteroatoms. The summed E-state index contributed by atoms with van der Waals surface area (Å²) in [6.45, 7) is 8.01. The number of methoxy groups -OCH3 is 1. The number of aryl methyl sites for hydroxylation is 1. The Morgan fingerprint density at radius 1 is 1.00 bits per heavy atom. The van der Waals surface area contributed by atoms with Gasteiger partial charge in [0.15, 0.2) is 0 Å². The van der Waals surface area contributed by atoms with Crippen LogP contribution in [0.5, 0.6) is 5.75 Å². The molecule has 0 aliphatic rings. The number of hydrogen-bond donors (Lipinski definition) is 2. The Bertz CT molecular complexity index is 1220. The predicted molar refractivity (Wildman–Crippen MR) is 131 cm³/mol. The van der Waals surface area contributed by atoms with E-state index in [1.165, 1.54) is 12.1 Å². The zero-order valence-corrected chi connectivity index (χ0v) is 20.0. The van der Waals surface area contributed by atoms with Crippen molar-refractivity contribution < 1.29 is 14.3 Å². The van der Waals surface area contributed by atoms with Crippen molar-refractivity contribution in [1.82, 2.24) is 10.3 Å². The summed E-state index contributed by atoms with van der Waals surface area (Å²) in [5.74, 6) is -0.214. The van der Waals surface area contributed by atoms with E-state index >= 15 is 0 Å². The Hall–Kier alpha value is -4.18. The molecule has 0 fully saturated rings. The van der Waals surface area contributed by atoms with Gasteiger partial charge in [0.05, 0.1) is 18.4 Å². The summed E-state index contributed by atoms with van der Waals surface area (Å²) in [4.78, 5) is 30.4. The van der Waals surface area contributed by atoms with Gasteiger partial charge in [-0.1, -0.05) is 45.0 Å². The van der Waals surface area contributed by atoms with E-state index in [1.54, 1.807) is 38.3 Å². The number of pyridine rings is 1. The minimum absolute atomic E-state index is 0.00483. The molecule has 0 aliphatic carbocycles. The molecule has 7 nitrogen and oxygen atoms in total. The fraction of sp³-hybridized carbons (Fsp3) is 0.259. The van der Waals surface area contributed by atoms with Crippen molar-refractivity contribution in [1.29, 1.82) is 5.26 Å². The summed E-state index contributed by atoms with van der Waals surface area (Å²) in [6, 6.07) is 18.6. The Kier molecular flexibility index (Phi) is 7.32. The topological polar surface area (TPSA) is 104 Å². The van der Waals surface area contributed by atoms with Gasteiger partial charge in [0.25, 0.3) is 11.8 Å². The molecule has 0 saturated carbocycles. The fourth-order valence-corrected chi connectivity index (χ4v) is 3.44. The number of rotatable bonds is 6. The van der Waals surface area contributed by atoms with E-state index in [0.29, 0.717) is 28.3 Å². The molecule has 0 aliphatic heterocycles. The van der Waals surface area contributed by atoms with Crippen LogP contribution in [0.25, 0.3) is 0 Å². The fourth-order valence-electron chi connectivity index (χ4n) is 3.44. The zero-order chi connectivity index (χ0) is 24.9. The molecule has 174 valence electrons. The van der Waals surface area contributed by atoms with Gasteiger partial charge < -0.3 is 15.4 Å². The monoisotopic (exact) mass is 456 g/mol. The Labute approximate surface area is 199 Å². The van der Waals surface area contributed by atoms with Crippen molar-refractivity contribution in [2.75, 3.05) is 12.4 Å². The molecule has 2 N–H and O–H groups in total. The summed E-state index contributed by atoms with van der Waals surface area (Å²) in [5.41, 5.74) is 3.28. The number of nitrogens with one attached hydrogen (secondary N) is 2. The number of nitriles is 1. The first-order valence-electron chi connectivity index (χ1n) is 10.9. The molecule has 1 unspecified atom stereocenters. The molecule has 2 amide bonds. The Morgan fingerprint density at radius 2 is 1.65 bits per heavy atom. The van der Waals surface area contributed by atoms with Gasteiger partial charge >= 0.3 is 0 Å². The van der Waals surface area contributed by atoms with E-state index in [2.05, 4.69) is 36.4 Å². The SMILES string of the molecule is COc1ccc(C(NC(=O)c2ccc(C#N)nc2C)C(=O)Nc2ccc(C(C)(C)C)cc2)cc1. The number of carbonyl (C=O) groups is 2. The van der Waals surface area contributed by atoms with Crippen LogP contribution in [-0.4, -0.2) is 23.9 Å². The second-order valence-corrected chi connectivity index (χ2v) is 8.94. The van der Waals surface area contributed by atoms with Crippen LogP contribution in [0.1, 0.15) is 59.7 Å². The molecule has 0 bridgehead atoms. The highest BCUT2D eigenvalue weighted by Crippen LogP contribution is 2.25. The smallest absolute Gasteiger partial charge is 0.254 e. The average Bonchev–Trinajstić information content (AvgIpc) is 2.82. The second kappa shape index (κ2) is 10.2. The third-order valence-electron chi connectivity index (χ3n) is 5.45. The lowest BCUT2D eigenvalue weighted by molar-refractivity contribution is -0.118. The minimum atomic E-state index is -0.962. The quantitative estimate of drug-likeness (QED) is 0.561. The molecular weight excluding hydrogens is 428 g/mol. The highest BCUT2D eigenvalue weighted by atomic mass is 16.5. The number of aromatic nitrogens is 1. The first-order chi connectivity index (χ1) is 16.1. The number of amides is 2. The van der Waals surface area contributed by atoms with Crippen LogP contribution in [0, 0.1) is 18.3 Å². The highest BCUT2D eigenvalue weighted by molar-refractivity contribution is 6.02. The molecular formula is C27H28N4O3. The summed E-state index contributed by atoms with van der Waals surface area (Å²) < 4.78 is 5.21. The van der Waals surface area contributed by atoms with Gasteiger partial charge in [0, 0.05) is 5.69 Å². The number of ether oxygens (including phenoxy) is 1. The third-order valence-corrected chi connectivity index (χ3v) is 5.45. The van der Waals surface area contributed by atoms with E-state index in [4.69, 9.17) is 10.00 Å². The van der Waals surface area contributed by atoms with Crippen LogP contribution in [0.2, 0.25) is 0 Å². The van der Waals surface area contributed by atoms with Crippen molar-refractivity contribution in [3.63, 3.8) is 0 Å². The Morgan fingerprint density at radius 3 is 2.18 bits per heavy atom. The van der Waals surface area contributed by atoms with Crippen LogP contribution in [0.3, 0.4) is 0 Å². The number of anilines is 1. The molecule has 3 aromatic rings. The van der Waals surface area contributed by atoms with Crippen LogP contribution < -0.4 is 15.4 Å². The average molecular weight is 457 g/mol. The number of nitrogens with zero attached hydrogens (tertiary/aromatic N) is 2. The zero-order valence-electron chi connectivity index (χ0n) is 20.0. The molecule has 2 aromatic carbocycles. The summed E-state index contributed by atoms with van der Waals surface area (Å²) in [7, 11) is 1.56. The lowest BCUT2D eigenvalue weighted by Gasteiger charge is -2.21. The molecule has 1 atom stereocenters. The van der Waals surface area contributed by atoms with Gasteiger partial charge in [0.1, 0.15) is 23.6 Å². The van der Waals surface area contributed by atoms with Gasteiger partial charge in [-0.3, -0.25) is 9.59 Å². The van der Waals surface area contributed by atoms with E-state index in [-0.39, 0.29) is 17.0 Å². The van der Waals surface area contributed by atoms with Crippen molar-refractivity contribution in [2.45, 2.75) is 39.2 Å². The lowest BCUT2D eigenvalue weighted by atomic mass is 9.87. The van der Waals surface area contributed by atoms with Crippen LogP contribution >= 0.6 is 0 Å². The predicted octanol–water partition coefficient (Wildman–Crippen LogP) is 4.68. The van der Waals surface area contributed by atoms with Gasteiger partial charge in [-0.05, 0) is 59.9 Å². The summed E-state index contributed by atoms with van der Waals surface area (Å²) in [6.07, 6.45) is 0. The Balaban J connectivity index is 1.88. The summed E-state index contributed by atoms with van der Waals surface area (Å²) in [5, 5.41) is 14.7. The largest absolute Gasteiger partial charge is 0.497 e. The van der Waals surface area contributed by atoms with Gasteiger partial charge in [-0.2, -0.15) is 5.26 Å². The normalized spacial score (nSPS) is 11.8. The summed E-state index contributed by atoms with van der Waals surface area (Å²) >= 11 is 0. The van der Waals surface area contributed by atoms with E-state index in [9.17, 15) is 9.59 Å². The maximum Gasteiger partial charge on any atom is 0.254 e. The highest BCUT2D eigenvalue weighted by Gasteiger charge is 2.25. The van der Waals surface area contributed by atoms with E-state index in [0.717, 1.165) is 5.56 Å². The van der Waals surface area contributed by atoms with E-state index in [1.807, 2.05) is 30.3 Å². The van der Waals surface area contributed by atoms with Crippen molar-refractivity contribution in [2.24, 2.45) is 0 Å². The lowest BCUT2D eigenvalue weighted by Crippen LogP contribution is -2.37. The van der Waals surface area contributed by atoms with Crippen molar-refractivity contribution in [3.8, 4) is 11.8 Å². The number of benzene rings is 2. The van der Waals surface area contributed by atoms with E-state index < -0.39 is 11.9 Å². The van der Waals surface area contributed by atoms with Crippen molar-refractivity contribution >= 4 is 17.5 Å². The van der Waals surface area contributed by atoms with Crippen LogP contribution in [-0.2, 0) is 10.2 Å². The minimum Gasteiger partial charge on any atom is -0.497 e. The maximum atomic E-state index is 13.3. The van der Waals surface area contributed by atoms with Crippen LogP contribution in [0.15, 0.2) is 60.7 Å². The third kappa shape index (κ3) is 5.78.